The Bertz CT molecular complexity index is 489. The number of methoxy groups -OCH3 is 2. The van der Waals surface area contributed by atoms with Crippen LogP contribution < -0.4 is 14.8 Å². The Labute approximate surface area is 146 Å². The molecule has 0 aromatic heterocycles. The summed E-state index contributed by atoms with van der Waals surface area (Å²) in [5.74, 6) is -0.279. The van der Waals surface area contributed by atoms with Crippen LogP contribution in [0.5, 0.6) is 11.5 Å². The summed E-state index contributed by atoms with van der Waals surface area (Å²) in [6.45, 7) is 2.11. The van der Waals surface area contributed by atoms with Crippen LogP contribution in [-0.2, 0) is 0 Å². The predicted molar refractivity (Wildman–Crippen MR) is 87.2 cm³/mol. The van der Waals surface area contributed by atoms with E-state index in [-0.39, 0.29) is 41.9 Å². The third-order valence-electron chi connectivity index (χ3n) is 3.61. The van der Waals surface area contributed by atoms with Gasteiger partial charge in [0.05, 0.1) is 20.3 Å². The summed E-state index contributed by atoms with van der Waals surface area (Å²) < 4.78 is 51.2. The zero-order valence-corrected chi connectivity index (χ0v) is 14.5. The molecule has 1 atom stereocenters. The van der Waals surface area contributed by atoms with Gasteiger partial charge in [0.25, 0.3) is 6.43 Å². The first-order valence-electron chi connectivity index (χ1n) is 6.72. The van der Waals surface area contributed by atoms with Crippen molar-refractivity contribution in [3.63, 3.8) is 0 Å². The average Bonchev–Trinajstić information content (AvgIpc) is 2.49. The summed E-state index contributed by atoms with van der Waals surface area (Å²) in [7, 11) is 2.76. The molecule has 1 saturated heterocycles. The molecule has 0 spiro atoms. The highest BCUT2D eigenvalue weighted by Crippen LogP contribution is 2.36. The SMILES string of the molecule is COc1cc(F)c([C@H](C(F)F)N2CCNCC2)cc1OC.Cl.Cl. The van der Waals surface area contributed by atoms with Crippen molar-refractivity contribution in [3.05, 3.63) is 23.5 Å². The lowest BCUT2D eigenvalue weighted by atomic mass is 10.0. The standard InChI is InChI=1S/C14H19F3N2O2.2ClH/c1-20-11-7-9(10(15)8-12(11)21-2)13(14(16)17)19-5-3-18-4-6-19;;/h7-8,13-14,18H,3-6H2,1-2H3;2*1H/t13-;;/m1../s1. The Balaban J connectivity index is 0.00000242. The molecule has 1 aromatic rings. The number of nitrogens with zero attached hydrogens (tertiary/aromatic N) is 1. The van der Waals surface area contributed by atoms with Crippen molar-refractivity contribution in [3.8, 4) is 11.5 Å². The fraction of sp³-hybridized carbons (Fsp3) is 0.571. The second kappa shape index (κ2) is 10.1. The molecule has 0 unspecified atom stereocenters. The first kappa shape index (κ1) is 22.1. The predicted octanol–water partition coefficient (Wildman–Crippen LogP) is 2.90. The summed E-state index contributed by atoms with van der Waals surface area (Å²) in [6, 6.07) is 1.10. The smallest absolute Gasteiger partial charge is 0.258 e. The maximum absolute atomic E-state index is 14.2. The summed E-state index contributed by atoms with van der Waals surface area (Å²) in [5, 5.41) is 3.09. The van der Waals surface area contributed by atoms with Gasteiger partial charge in [-0.3, -0.25) is 4.90 Å². The van der Waals surface area contributed by atoms with E-state index in [4.69, 9.17) is 9.47 Å². The summed E-state index contributed by atoms with van der Waals surface area (Å²) in [4.78, 5) is 1.59. The van der Waals surface area contributed by atoms with Crippen molar-refractivity contribution in [1.29, 1.82) is 0 Å². The summed E-state index contributed by atoms with van der Waals surface area (Å²) >= 11 is 0. The molecule has 23 heavy (non-hydrogen) atoms. The minimum Gasteiger partial charge on any atom is -0.493 e. The molecule has 0 bridgehead atoms. The molecule has 0 radical (unpaired) electrons. The number of benzene rings is 1. The van der Waals surface area contributed by atoms with E-state index in [1.165, 1.54) is 20.3 Å². The van der Waals surface area contributed by atoms with Gasteiger partial charge in [-0.15, -0.1) is 24.8 Å². The molecule has 0 amide bonds. The van der Waals surface area contributed by atoms with E-state index in [1.54, 1.807) is 4.90 Å². The minimum atomic E-state index is -2.68. The molecule has 134 valence electrons. The van der Waals surface area contributed by atoms with Crippen molar-refractivity contribution >= 4 is 24.8 Å². The van der Waals surface area contributed by atoms with Crippen LogP contribution in [0.1, 0.15) is 11.6 Å². The van der Waals surface area contributed by atoms with Crippen molar-refractivity contribution < 1.29 is 22.6 Å². The first-order chi connectivity index (χ1) is 10.1. The van der Waals surface area contributed by atoms with Crippen LogP contribution in [0, 0.1) is 5.82 Å². The Morgan fingerprint density at radius 2 is 1.57 bits per heavy atom. The lowest BCUT2D eigenvalue weighted by molar-refractivity contribution is 0.0162. The molecule has 1 N–H and O–H groups in total. The van der Waals surface area contributed by atoms with Crippen LogP contribution in [-0.4, -0.2) is 51.7 Å². The third-order valence-corrected chi connectivity index (χ3v) is 3.61. The van der Waals surface area contributed by atoms with Gasteiger partial charge in [-0.25, -0.2) is 13.2 Å². The maximum atomic E-state index is 14.2. The van der Waals surface area contributed by atoms with E-state index in [2.05, 4.69) is 5.32 Å². The second-order valence-electron chi connectivity index (χ2n) is 4.79. The highest BCUT2D eigenvalue weighted by molar-refractivity contribution is 5.85. The van der Waals surface area contributed by atoms with Gasteiger partial charge in [-0.05, 0) is 6.07 Å². The monoisotopic (exact) mass is 376 g/mol. The van der Waals surface area contributed by atoms with E-state index < -0.39 is 18.3 Å². The lowest BCUT2D eigenvalue weighted by Gasteiger charge is -2.35. The second-order valence-corrected chi connectivity index (χ2v) is 4.79. The normalized spacial score (nSPS) is 16.3. The van der Waals surface area contributed by atoms with Gasteiger partial charge in [-0.2, -0.15) is 0 Å². The number of halogens is 5. The zero-order chi connectivity index (χ0) is 15.4. The van der Waals surface area contributed by atoms with E-state index in [9.17, 15) is 13.2 Å². The van der Waals surface area contributed by atoms with Crippen LogP contribution in [0.15, 0.2) is 12.1 Å². The minimum absolute atomic E-state index is 0. The van der Waals surface area contributed by atoms with Gasteiger partial charge in [0.15, 0.2) is 11.5 Å². The fourth-order valence-electron chi connectivity index (χ4n) is 2.55. The van der Waals surface area contributed by atoms with Gasteiger partial charge < -0.3 is 14.8 Å². The van der Waals surface area contributed by atoms with E-state index in [0.29, 0.717) is 26.2 Å². The molecule has 0 saturated carbocycles. The molecule has 1 aliphatic heterocycles. The van der Waals surface area contributed by atoms with Gasteiger partial charge in [0, 0.05) is 37.8 Å². The van der Waals surface area contributed by atoms with Crippen LogP contribution in [0.3, 0.4) is 0 Å². The number of ether oxygens (including phenoxy) is 2. The highest BCUT2D eigenvalue weighted by Gasteiger charge is 2.33. The topological polar surface area (TPSA) is 33.7 Å². The summed E-state index contributed by atoms with van der Waals surface area (Å²) in [5.41, 5.74) is -0.0652. The number of alkyl halides is 2. The van der Waals surface area contributed by atoms with Crippen molar-refractivity contribution in [2.45, 2.75) is 12.5 Å². The zero-order valence-electron chi connectivity index (χ0n) is 12.9. The molecule has 4 nitrogen and oxygen atoms in total. The fourth-order valence-corrected chi connectivity index (χ4v) is 2.55. The van der Waals surface area contributed by atoms with Crippen molar-refractivity contribution in [1.82, 2.24) is 10.2 Å². The quantitative estimate of drug-likeness (QED) is 0.856. The molecular weight excluding hydrogens is 356 g/mol. The van der Waals surface area contributed by atoms with Crippen molar-refractivity contribution in [2.24, 2.45) is 0 Å². The number of rotatable bonds is 5. The Morgan fingerprint density at radius 1 is 1.04 bits per heavy atom. The van der Waals surface area contributed by atoms with Crippen LogP contribution in [0.2, 0.25) is 0 Å². The average molecular weight is 377 g/mol. The Hall–Kier alpha value is -0.890. The molecule has 1 fully saturated rings. The maximum Gasteiger partial charge on any atom is 0.258 e. The number of nitrogens with one attached hydrogen (secondary N) is 1. The van der Waals surface area contributed by atoms with Gasteiger partial charge in [0.2, 0.25) is 0 Å². The Kier molecular flexibility index (Phi) is 9.68. The van der Waals surface area contributed by atoms with Crippen LogP contribution in [0.4, 0.5) is 13.2 Å². The third kappa shape index (κ3) is 5.04. The van der Waals surface area contributed by atoms with Crippen molar-refractivity contribution in [2.75, 3.05) is 40.4 Å². The summed E-state index contributed by atoms with van der Waals surface area (Å²) in [6.07, 6.45) is -2.68. The van der Waals surface area contributed by atoms with E-state index >= 15 is 0 Å². The molecule has 0 aliphatic carbocycles. The number of piperazine rings is 1. The number of hydrogen-bond donors (Lipinski definition) is 1. The van der Waals surface area contributed by atoms with Gasteiger partial charge >= 0.3 is 0 Å². The molecule has 1 aliphatic rings. The van der Waals surface area contributed by atoms with Gasteiger partial charge in [0.1, 0.15) is 5.82 Å². The molecule has 2 rings (SSSR count). The largest absolute Gasteiger partial charge is 0.493 e. The highest BCUT2D eigenvalue weighted by atomic mass is 35.5. The van der Waals surface area contributed by atoms with Crippen LogP contribution in [0.25, 0.3) is 0 Å². The first-order valence-corrected chi connectivity index (χ1v) is 6.72. The van der Waals surface area contributed by atoms with Gasteiger partial charge in [-0.1, -0.05) is 0 Å². The molecular formula is C14H21Cl2F3N2O2. The molecule has 1 heterocycles. The molecule has 9 heteroatoms. The molecule has 1 aromatic carbocycles. The number of hydrogen-bond acceptors (Lipinski definition) is 4. The van der Waals surface area contributed by atoms with Crippen LogP contribution >= 0.6 is 24.8 Å². The lowest BCUT2D eigenvalue weighted by Crippen LogP contribution is -2.47. The Morgan fingerprint density at radius 3 is 2.04 bits per heavy atom. The van der Waals surface area contributed by atoms with E-state index in [0.717, 1.165) is 6.07 Å². The van der Waals surface area contributed by atoms with E-state index in [1.807, 2.05) is 0 Å².